The van der Waals surface area contributed by atoms with Gasteiger partial charge in [0, 0.05) is 5.56 Å². The summed E-state index contributed by atoms with van der Waals surface area (Å²) in [5, 5.41) is 10.5. The molecule has 1 saturated carbocycles. The number of rotatable bonds is 2. The van der Waals surface area contributed by atoms with Crippen molar-refractivity contribution in [3.8, 4) is 5.75 Å². The van der Waals surface area contributed by atoms with Crippen LogP contribution in [0.15, 0.2) is 18.2 Å². The number of benzene rings is 1. The molecule has 92 valence electrons. The maximum absolute atomic E-state index is 10.5. The molecule has 1 N–H and O–H groups in total. The third-order valence-corrected chi connectivity index (χ3v) is 4.13. The van der Waals surface area contributed by atoms with Crippen LogP contribution in [0.2, 0.25) is 0 Å². The molecule has 0 spiro atoms. The van der Waals surface area contributed by atoms with Gasteiger partial charge in [-0.3, -0.25) is 0 Å². The van der Waals surface area contributed by atoms with Crippen LogP contribution in [0.5, 0.6) is 5.75 Å². The molecular formula is C15H20O2. The van der Waals surface area contributed by atoms with Gasteiger partial charge in [0.2, 0.25) is 0 Å². The first-order chi connectivity index (χ1) is 8.36. The van der Waals surface area contributed by atoms with E-state index in [1.807, 2.05) is 6.07 Å². The molecule has 1 aliphatic carbocycles. The summed E-state index contributed by atoms with van der Waals surface area (Å²) in [4.78, 5) is 0. The Balaban J connectivity index is 1.91. The first-order valence-corrected chi connectivity index (χ1v) is 6.79. The molecule has 0 aromatic heterocycles. The van der Waals surface area contributed by atoms with Crippen LogP contribution in [0, 0.1) is 5.92 Å². The average molecular weight is 232 g/mol. The SMILES string of the molecule is OC(c1cccc2c1OCCC2)C1CCCC1. The Morgan fingerprint density at radius 2 is 2.00 bits per heavy atom. The van der Waals surface area contributed by atoms with Crippen molar-refractivity contribution in [3.05, 3.63) is 29.3 Å². The number of ether oxygens (including phenoxy) is 1. The van der Waals surface area contributed by atoms with Crippen LogP contribution >= 0.6 is 0 Å². The number of aliphatic hydroxyl groups excluding tert-OH is 1. The molecule has 2 heteroatoms. The maximum atomic E-state index is 10.5. The lowest BCUT2D eigenvalue weighted by Gasteiger charge is -2.25. The van der Waals surface area contributed by atoms with Gasteiger partial charge in [0.15, 0.2) is 0 Å². The molecule has 0 saturated heterocycles. The highest BCUT2D eigenvalue weighted by Crippen LogP contribution is 2.41. The van der Waals surface area contributed by atoms with Crippen molar-refractivity contribution in [1.29, 1.82) is 0 Å². The van der Waals surface area contributed by atoms with Gasteiger partial charge in [0.1, 0.15) is 5.75 Å². The number of aryl methyl sites for hydroxylation is 1. The van der Waals surface area contributed by atoms with Crippen LogP contribution < -0.4 is 4.74 Å². The topological polar surface area (TPSA) is 29.5 Å². The van der Waals surface area contributed by atoms with Gasteiger partial charge in [-0.1, -0.05) is 31.0 Å². The molecule has 2 nitrogen and oxygen atoms in total. The van der Waals surface area contributed by atoms with E-state index in [4.69, 9.17) is 4.74 Å². The Hall–Kier alpha value is -1.02. The fraction of sp³-hybridized carbons (Fsp3) is 0.600. The molecule has 1 unspecified atom stereocenters. The first kappa shape index (κ1) is 11.1. The third kappa shape index (κ3) is 2.06. The van der Waals surface area contributed by atoms with Gasteiger partial charge in [0.25, 0.3) is 0 Å². The number of fused-ring (bicyclic) bond motifs is 1. The van der Waals surface area contributed by atoms with Gasteiger partial charge in [-0.2, -0.15) is 0 Å². The predicted octanol–water partition coefficient (Wildman–Crippen LogP) is 3.24. The highest BCUT2D eigenvalue weighted by atomic mass is 16.5. The third-order valence-electron chi connectivity index (χ3n) is 4.13. The normalized spacial score (nSPS) is 21.9. The van der Waals surface area contributed by atoms with Crippen molar-refractivity contribution in [2.75, 3.05) is 6.61 Å². The van der Waals surface area contributed by atoms with E-state index in [0.29, 0.717) is 5.92 Å². The van der Waals surface area contributed by atoms with Crippen LogP contribution in [-0.4, -0.2) is 11.7 Å². The Morgan fingerprint density at radius 1 is 1.18 bits per heavy atom. The van der Waals surface area contributed by atoms with E-state index < -0.39 is 0 Å². The summed E-state index contributed by atoms with van der Waals surface area (Å²) in [6.45, 7) is 0.793. The van der Waals surface area contributed by atoms with Crippen LogP contribution in [0.25, 0.3) is 0 Å². The lowest BCUT2D eigenvalue weighted by atomic mass is 9.91. The van der Waals surface area contributed by atoms with Gasteiger partial charge < -0.3 is 9.84 Å². The highest BCUT2D eigenvalue weighted by Gasteiger charge is 2.28. The van der Waals surface area contributed by atoms with Crippen molar-refractivity contribution in [1.82, 2.24) is 0 Å². The molecule has 0 radical (unpaired) electrons. The van der Waals surface area contributed by atoms with Crippen LogP contribution in [0.4, 0.5) is 0 Å². The Morgan fingerprint density at radius 3 is 2.82 bits per heavy atom. The van der Waals surface area contributed by atoms with E-state index in [9.17, 15) is 5.11 Å². The second-order valence-corrected chi connectivity index (χ2v) is 5.28. The fourth-order valence-corrected chi connectivity index (χ4v) is 3.17. The molecule has 17 heavy (non-hydrogen) atoms. The maximum Gasteiger partial charge on any atom is 0.128 e. The molecule has 1 fully saturated rings. The van der Waals surface area contributed by atoms with Gasteiger partial charge in [-0.05, 0) is 37.2 Å². The molecule has 2 aliphatic rings. The van der Waals surface area contributed by atoms with Crippen molar-refractivity contribution in [2.24, 2.45) is 5.92 Å². The zero-order chi connectivity index (χ0) is 11.7. The fourth-order valence-electron chi connectivity index (χ4n) is 3.17. The smallest absolute Gasteiger partial charge is 0.128 e. The molecule has 3 rings (SSSR count). The average Bonchev–Trinajstić information content (AvgIpc) is 2.91. The van der Waals surface area contributed by atoms with E-state index in [1.54, 1.807) is 0 Å². The summed E-state index contributed by atoms with van der Waals surface area (Å²) < 4.78 is 5.78. The Bertz CT molecular complexity index is 394. The minimum absolute atomic E-state index is 0.328. The number of hydrogen-bond acceptors (Lipinski definition) is 2. The largest absolute Gasteiger partial charge is 0.493 e. The second-order valence-electron chi connectivity index (χ2n) is 5.28. The summed E-state index contributed by atoms with van der Waals surface area (Å²) in [5.41, 5.74) is 2.29. The van der Waals surface area contributed by atoms with Gasteiger partial charge >= 0.3 is 0 Å². The zero-order valence-electron chi connectivity index (χ0n) is 10.2. The molecule has 0 bridgehead atoms. The monoisotopic (exact) mass is 232 g/mol. The van der Waals surface area contributed by atoms with Crippen LogP contribution in [0.3, 0.4) is 0 Å². The van der Waals surface area contributed by atoms with Crippen molar-refractivity contribution in [2.45, 2.75) is 44.6 Å². The standard InChI is InChI=1S/C15H20O2/c16-14(11-5-1-2-6-11)13-9-3-7-12-8-4-10-17-15(12)13/h3,7,9,11,14,16H,1-2,4-6,8,10H2. The molecule has 1 atom stereocenters. The van der Waals surface area contributed by atoms with Crippen LogP contribution in [-0.2, 0) is 6.42 Å². The van der Waals surface area contributed by atoms with E-state index >= 15 is 0 Å². The Labute approximate surface area is 103 Å². The Kier molecular flexibility index (Phi) is 3.06. The minimum atomic E-state index is -0.328. The quantitative estimate of drug-likeness (QED) is 0.848. The summed E-state index contributed by atoms with van der Waals surface area (Å²) in [6.07, 6.45) is 6.69. The summed E-state index contributed by atoms with van der Waals surface area (Å²) in [7, 11) is 0. The molecule has 0 amide bonds. The molecule has 1 heterocycles. The first-order valence-electron chi connectivity index (χ1n) is 6.79. The minimum Gasteiger partial charge on any atom is -0.493 e. The summed E-state index contributed by atoms with van der Waals surface area (Å²) in [6, 6.07) is 6.22. The van der Waals surface area contributed by atoms with Gasteiger partial charge in [-0.25, -0.2) is 0 Å². The van der Waals surface area contributed by atoms with Crippen molar-refractivity contribution >= 4 is 0 Å². The zero-order valence-corrected chi connectivity index (χ0v) is 10.2. The van der Waals surface area contributed by atoms with Crippen molar-refractivity contribution < 1.29 is 9.84 Å². The predicted molar refractivity (Wildman–Crippen MR) is 67.2 cm³/mol. The molecular weight excluding hydrogens is 212 g/mol. The van der Waals surface area contributed by atoms with E-state index in [1.165, 1.54) is 18.4 Å². The van der Waals surface area contributed by atoms with E-state index in [0.717, 1.165) is 43.6 Å². The van der Waals surface area contributed by atoms with E-state index in [2.05, 4.69) is 12.1 Å². The molecule has 1 aliphatic heterocycles. The highest BCUT2D eigenvalue weighted by molar-refractivity contribution is 5.44. The number of para-hydroxylation sites is 1. The molecule has 1 aromatic rings. The lowest BCUT2D eigenvalue weighted by molar-refractivity contribution is 0.106. The van der Waals surface area contributed by atoms with Crippen LogP contribution in [0.1, 0.15) is 49.3 Å². The van der Waals surface area contributed by atoms with Gasteiger partial charge in [-0.15, -0.1) is 0 Å². The van der Waals surface area contributed by atoms with E-state index in [-0.39, 0.29) is 6.10 Å². The molecule has 1 aromatic carbocycles. The van der Waals surface area contributed by atoms with Crippen molar-refractivity contribution in [3.63, 3.8) is 0 Å². The second kappa shape index (κ2) is 4.69. The lowest BCUT2D eigenvalue weighted by Crippen LogP contribution is -2.15. The summed E-state index contributed by atoms with van der Waals surface area (Å²) >= 11 is 0. The van der Waals surface area contributed by atoms with Gasteiger partial charge in [0.05, 0.1) is 12.7 Å². The summed E-state index contributed by atoms with van der Waals surface area (Å²) in [5.74, 6) is 1.41. The number of aliphatic hydroxyl groups is 1. The number of hydrogen-bond donors (Lipinski definition) is 1.